The van der Waals surface area contributed by atoms with Crippen LogP contribution in [-0.2, 0) is 16.0 Å². The van der Waals surface area contributed by atoms with Crippen molar-refractivity contribution >= 4 is 23.8 Å². The number of nitrogens with one attached hydrogen (secondary N) is 1. The largest absolute Gasteiger partial charge is 0.494 e. The second-order valence-corrected chi connectivity index (χ2v) is 6.68. The van der Waals surface area contributed by atoms with Gasteiger partial charge >= 0.3 is 0 Å². The van der Waals surface area contributed by atoms with Crippen molar-refractivity contribution in [1.29, 1.82) is 0 Å². The van der Waals surface area contributed by atoms with E-state index >= 15 is 0 Å². The summed E-state index contributed by atoms with van der Waals surface area (Å²) in [5.41, 5.74) is 2.51. The van der Waals surface area contributed by atoms with Crippen LogP contribution in [0, 0.1) is 0 Å². The third kappa shape index (κ3) is 5.19. The van der Waals surface area contributed by atoms with E-state index in [1.165, 1.54) is 0 Å². The molecule has 0 fully saturated rings. The van der Waals surface area contributed by atoms with Crippen LogP contribution >= 0.6 is 0 Å². The zero-order chi connectivity index (χ0) is 19.8. The molecule has 0 radical (unpaired) electrons. The molecule has 1 aliphatic heterocycles. The zero-order valence-corrected chi connectivity index (χ0v) is 15.7. The number of hydrogen-bond acceptors (Lipinski definition) is 4. The minimum absolute atomic E-state index is 0.0138. The first-order valence-corrected chi connectivity index (χ1v) is 9.50. The molecular formula is C22H24N2O4. The van der Waals surface area contributed by atoms with Crippen molar-refractivity contribution in [2.45, 2.75) is 25.7 Å². The minimum atomic E-state index is -0.0833. The van der Waals surface area contributed by atoms with Crippen molar-refractivity contribution in [3.05, 3.63) is 59.7 Å². The van der Waals surface area contributed by atoms with Crippen molar-refractivity contribution < 1.29 is 19.1 Å². The van der Waals surface area contributed by atoms with Gasteiger partial charge in [-0.25, -0.2) is 0 Å². The Hall–Kier alpha value is -3.15. The van der Waals surface area contributed by atoms with Crippen LogP contribution in [0.5, 0.6) is 5.75 Å². The molecule has 0 saturated heterocycles. The van der Waals surface area contributed by atoms with Crippen LogP contribution in [0.3, 0.4) is 0 Å². The number of anilines is 1. The van der Waals surface area contributed by atoms with Crippen LogP contribution < -0.4 is 15.0 Å². The van der Waals surface area contributed by atoms with Crippen molar-refractivity contribution in [3.63, 3.8) is 0 Å². The van der Waals surface area contributed by atoms with Crippen LogP contribution in [-0.4, -0.2) is 37.8 Å². The Morgan fingerprint density at radius 2 is 1.93 bits per heavy atom. The average molecular weight is 380 g/mol. The molecule has 1 aliphatic rings. The number of ether oxygens (including phenoxy) is 1. The summed E-state index contributed by atoms with van der Waals surface area (Å²) in [6.45, 7) is 1.44. The first-order valence-electron chi connectivity index (χ1n) is 9.50. The van der Waals surface area contributed by atoms with Crippen molar-refractivity contribution in [2.75, 3.05) is 24.6 Å². The molecule has 0 saturated carbocycles. The van der Waals surface area contributed by atoms with E-state index in [0.29, 0.717) is 38.1 Å². The van der Waals surface area contributed by atoms with Gasteiger partial charge in [-0.3, -0.25) is 14.4 Å². The van der Waals surface area contributed by atoms with Gasteiger partial charge in [-0.05, 0) is 48.7 Å². The molecule has 0 bridgehead atoms. The van der Waals surface area contributed by atoms with E-state index in [9.17, 15) is 14.4 Å². The number of carbonyl (C=O) groups excluding carboxylic acids is 3. The molecule has 0 unspecified atom stereocenters. The summed E-state index contributed by atoms with van der Waals surface area (Å²) in [4.78, 5) is 36.8. The van der Waals surface area contributed by atoms with Crippen LogP contribution in [0.15, 0.2) is 48.5 Å². The van der Waals surface area contributed by atoms with Gasteiger partial charge in [0.2, 0.25) is 12.3 Å². The Morgan fingerprint density at radius 3 is 2.71 bits per heavy atom. The summed E-state index contributed by atoms with van der Waals surface area (Å²) in [6.07, 6.45) is 2.81. The predicted octanol–water partition coefficient (Wildman–Crippen LogP) is 2.75. The first-order chi connectivity index (χ1) is 13.7. The van der Waals surface area contributed by atoms with Crippen LogP contribution in [0.1, 0.15) is 35.2 Å². The Balaban J connectivity index is 1.35. The highest BCUT2D eigenvalue weighted by Crippen LogP contribution is 2.27. The molecule has 2 amide bonds. The number of Topliss-reactive ketones (excluding diaryl/α,β-unsaturated/α-hetero) is 1. The Morgan fingerprint density at radius 1 is 1.11 bits per heavy atom. The van der Waals surface area contributed by atoms with E-state index in [1.807, 2.05) is 42.5 Å². The SMILES string of the molecule is O=CN1CCc2cc(C(=O)CCNC(=O)CCCOc3ccccc3)ccc21. The molecule has 0 atom stereocenters. The molecular weight excluding hydrogens is 356 g/mol. The lowest BCUT2D eigenvalue weighted by atomic mass is 10.0. The zero-order valence-electron chi connectivity index (χ0n) is 15.7. The number of carbonyl (C=O) groups is 3. The van der Waals surface area contributed by atoms with Gasteiger partial charge in [-0.2, -0.15) is 0 Å². The van der Waals surface area contributed by atoms with Crippen LogP contribution in [0.2, 0.25) is 0 Å². The maximum Gasteiger partial charge on any atom is 0.220 e. The molecule has 1 heterocycles. The van der Waals surface area contributed by atoms with E-state index < -0.39 is 0 Å². The molecule has 2 aromatic rings. The number of para-hydroxylation sites is 1. The standard InChI is InChI=1S/C22H24N2O4/c25-16-24-13-11-17-15-18(8-9-20(17)24)21(26)10-12-23-22(27)7-4-14-28-19-5-2-1-3-6-19/h1-3,5-6,8-9,15-16H,4,7,10-14H2,(H,23,27). The normalized spacial score (nSPS) is 12.4. The maximum absolute atomic E-state index is 12.3. The molecule has 0 aliphatic carbocycles. The highest BCUT2D eigenvalue weighted by molar-refractivity contribution is 5.97. The average Bonchev–Trinajstić information content (AvgIpc) is 3.14. The number of benzene rings is 2. The summed E-state index contributed by atoms with van der Waals surface area (Å²) in [6, 6.07) is 14.9. The monoisotopic (exact) mass is 380 g/mol. The van der Waals surface area contributed by atoms with E-state index in [1.54, 1.807) is 11.0 Å². The summed E-state index contributed by atoms with van der Waals surface area (Å²) < 4.78 is 5.55. The Kier molecular flexibility index (Phi) is 6.78. The van der Waals surface area contributed by atoms with Crippen LogP contribution in [0.4, 0.5) is 5.69 Å². The fraction of sp³-hybridized carbons (Fsp3) is 0.318. The van der Waals surface area contributed by atoms with Gasteiger partial charge in [0, 0.05) is 37.2 Å². The molecule has 0 spiro atoms. The maximum atomic E-state index is 12.3. The van der Waals surface area contributed by atoms with Gasteiger partial charge in [0.1, 0.15) is 5.75 Å². The van der Waals surface area contributed by atoms with Gasteiger partial charge in [-0.15, -0.1) is 0 Å². The third-order valence-corrected chi connectivity index (χ3v) is 4.69. The summed E-state index contributed by atoms with van der Waals surface area (Å²) in [5.74, 6) is 0.694. The van der Waals surface area contributed by atoms with E-state index in [-0.39, 0.29) is 18.1 Å². The van der Waals surface area contributed by atoms with Gasteiger partial charge in [-0.1, -0.05) is 18.2 Å². The topological polar surface area (TPSA) is 75.7 Å². The number of rotatable bonds is 10. The molecule has 0 aromatic heterocycles. The quantitative estimate of drug-likeness (QED) is 0.391. The lowest BCUT2D eigenvalue weighted by Crippen LogP contribution is -2.26. The van der Waals surface area contributed by atoms with Crippen molar-refractivity contribution in [3.8, 4) is 5.75 Å². The molecule has 146 valence electrons. The summed E-state index contributed by atoms with van der Waals surface area (Å²) >= 11 is 0. The molecule has 28 heavy (non-hydrogen) atoms. The van der Waals surface area contributed by atoms with Crippen LogP contribution in [0.25, 0.3) is 0 Å². The predicted molar refractivity (Wildman–Crippen MR) is 107 cm³/mol. The smallest absolute Gasteiger partial charge is 0.220 e. The number of nitrogens with zero attached hydrogens (tertiary/aromatic N) is 1. The molecule has 6 heteroatoms. The van der Waals surface area contributed by atoms with E-state index in [4.69, 9.17) is 4.74 Å². The van der Waals surface area contributed by atoms with Gasteiger partial charge in [0.15, 0.2) is 5.78 Å². The fourth-order valence-corrected chi connectivity index (χ4v) is 3.20. The lowest BCUT2D eigenvalue weighted by Gasteiger charge is -2.10. The number of ketones is 1. The third-order valence-electron chi connectivity index (χ3n) is 4.69. The minimum Gasteiger partial charge on any atom is -0.494 e. The first kappa shape index (κ1) is 19.6. The van der Waals surface area contributed by atoms with Crippen molar-refractivity contribution in [1.82, 2.24) is 5.32 Å². The lowest BCUT2D eigenvalue weighted by molar-refractivity contribution is -0.121. The Bertz CT molecular complexity index is 836. The number of fused-ring (bicyclic) bond motifs is 1. The van der Waals surface area contributed by atoms with Gasteiger partial charge < -0.3 is 15.0 Å². The molecule has 3 rings (SSSR count). The highest BCUT2D eigenvalue weighted by atomic mass is 16.5. The molecule has 1 N–H and O–H groups in total. The van der Waals surface area contributed by atoms with Gasteiger partial charge in [0.25, 0.3) is 0 Å². The highest BCUT2D eigenvalue weighted by Gasteiger charge is 2.19. The molecule has 2 aromatic carbocycles. The number of amides is 2. The Labute approximate surface area is 164 Å². The van der Waals surface area contributed by atoms with Crippen molar-refractivity contribution in [2.24, 2.45) is 0 Å². The second kappa shape index (κ2) is 9.69. The van der Waals surface area contributed by atoms with E-state index in [0.717, 1.165) is 29.8 Å². The number of hydrogen-bond donors (Lipinski definition) is 1. The summed E-state index contributed by atoms with van der Waals surface area (Å²) in [7, 11) is 0. The van der Waals surface area contributed by atoms with E-state index in [2.05, 4.69) is 5.32 Å². The van der Waals surface area contributed by atoms with Gasteiger partial charge in [0.05, 0.1) is 6.61 Å². The molecule has 6 nitrogen and oxygen atoms in total. The fourth-order valence-electron chi connectivity index (χ4n) is 3.20. The summed E-state index contributed by atoms with van der Waals surface area (Å²) in [5, 5.41) is 2.78. The second-order valence-electron chi connectivity index (χ2n) is 6.68.